The van der Waals surface area contributed by atoms with Gasteiger partial charge >= 0.3 is 0 Å². The van der Waals surface area contributed by atoms with Crippen molar-refractivity contribution in [1.82, 2.24) is 20.0 Å². The molecule has 0 bridgehead atoms. The summed E-state index contributed by atoms with van der Waals surface area (Å²) in [6, 6.07) is 11.5. The van der Waals surface area contributed by atoms with E-state index in [4.69, 9.17) is 4.52 Å². The van der Waals surface area contributed by atoms with Crippen LogP contribution in [0.4, 0.5) is 4.39 Å². The molecule has 24 heavy (non-hydrogen) atoms. The lowest BCUT2D eigenvalue weighted by Crippen LogP contribution is -2.26. The Morgan fingerprint density at radius 2 is 2.08 bits per heavy atom. The molecule has 0 radical (unpaired) electrons. The maximum absolute atomic E-state index is 13.2. The van der Waals surface area contributed by atoms with E-state index in [0.717, 1.165) is 0 Å². The first-order valence-electron chi connectivity index (χ1n) is 7.36. The third-order valence-electron chi connectivity index (χ3n) is 3.80. The number of benzene rings is 2. The molecule has 2 aromatic carbocycles. The highest BCUT2D eigenvalue weighted by molar-refractivity contribution is 6.03. The van der Waals surface area contributed by atoms with Crippen molar-refractivity contribution in [3.05, 3.63) is 59.9 Å². The predicted molar refractivity (Wildman–Crippen MR) is 85.9 cm³/mol. The second-order valence-corrected chi connectivity index (χ2v) is 5.54. The largest absolute Gasteiger partial charge is 0.350 e. The van der Waals surface area contributed by atoms with Crippen molar-refractivity contribution in [3.8, 4) is 0 Å². The van der Waals surface area contributed by atoms with Gasteiger partial charge in [0.15, 0.2) is 0 Å². The Bertz CT molecular complexity index is 1050. The van der Waals surface area contributed by atoms with Gasteiger partial charge in [-0.05, 0) is 30.3 Å². The van der Waals surface area contributed by atoms with Crippen LogP contribution in [0.3, 0.4) is 0 Å². The van der Waals surface area contributed by atoms with E-state index in [1.165, 1.54) is 17.0 Å². The van der Waals surface area contributed by atoms with Crippen molar-refractivity contribution in [3.63, 3.8) is 0 Å². The Balaban J connectivity index is 1.60. The van der Waals surface area contributed by atoms with Crippen molar-refractivity contribution >= 4 is 27.8 Å². The molecule has 0 fully saturated rings. The van der Waals surface area contributed by atoms with E-state index in [-0.39, 0.29) is 24.0 Å². The number of aromatic amines is 1. The van der Waals surface area contributed by atoms with Crippen molar-refractivity contribution in [1.29, 1.82) is 0 Å². The second-order valence-electron chi connectivity index (χ2n) is 5.54. The van der Waals surface area contributed by atoms with Crippen LogP contribution in [0.15, 0.2) is 47.0 Å². The van der Waals surface area contributed by atoms with E-state index in [2.05, 4.69) is 15.1 Å². The molecule has 0 atom stereocenters. The fraction of sp³-hybridized carbons (Fsp3) is 0.118. The number of H-pyrrole nitrogens is 1. The molecule has 0 saturated heterocycles. The number of imidazole rings is 1. The Hall–Kier alpha value is -3.22. The van der Waals surface area contributed by atoms with Gasteiger partial charge in [0, 0.05) is 7.05 Å². The Labute approximate surface area is 135 Å². The van der Waals surface area contributed by atoms with Crippen molar-refractivity contribution in [2.24, 2.45) is 0 Å². The van der Waals surface area contributed by atoms with E-state index in [1.54, 1.807) is 25.2 Å². The summed E-state index contributed by atoms with van der Waals surface area (Å²) in [5, 5.41) is 4.55. The molecule has 0 aliphatic rings. The molecule has 0 unspecified atom stereocenters. The summed E-state index contributed by atoms with van der Waals surface area (Å²) in [5.74, 6) is 0.121. The summed E-state index contributed by atoms with van der Waals surface area (Å²) in [6.07, 6.45) is 0. The lowest BCUT2D eigenvalue weighted by Gasteiger charge is -2.13. The molecule has 0 spiro atoms. The Morgan fingerprint density at radius 1 is 1.25 bits per heavy atom. The van der Waals surface area contributed by atoms with Crippen molar-refractivity contribution in [2.45, 2.75) is 6.54 Å². The lowest BCUT2D eigenvalue weighted by atomic mass is 10.2. The van der Waals surface area contributed by atoms with Gasteiger partial charge in [-0.3, -0.25) is 4.79 Å². The number of hydrogen-bond acceptors (Lipinski definition) is 4. The predicted octanol–water partition coefficient (Wildman–Crippen LogP) is 3.12. The Morgan fingerprint density at radius 3 is 2.96 bits per heavy atom. The first kappa shape index (κ1) is 14.4. The minimum atomic E-state index is -0.338. The second kappa shape index (κ2) is 5.45. The molecule has 2 aromatic heterocycles. The molecule has 4 rings (SSSR count). The zero-order valence-corrected chi connectivity index (χ0v) is 12.8. The first-order chi connectivity index (χ1) is 11.6. The van der Waals surface area contributed by atoms with Gasteiger partial charge < -0.3 is 14.4 Å². The number of carbonyl (C=O) groups is 1. The van der Waals surface area contributed by atoms with E-state index in [1.807, 2.05) is 12.1 Å². The van der Waals surface area contributed by atoms with Crippen molar-refractivity contribution < 1.29 is 13.7 Å². The minimum Gasteiger partial charge on any atom is -0.350 e. The molecule has 1 amide bonds. The third kappa shape index (κ3) is 2.40. The maximum atomic E-state index is 13.2. The fourth-order valence-electron chi connectivity index (χ4n) is 2.62. The van der Waals surface area contributed by atoms with Crippen LogP contribution in [-0.2, 0) is 6.54 Å². The molecule has 2 heterocycles. The zero-order valence-electron chi connectivity index (χ0n) is 12.8. The Kier molecular flexibility index (Phi) is 3.26. The number of amides is 1. The number of nitrogens with one attached hydrogen (secondary N) is 1. The van der Waals surface area contributed by atoms with Gasteiger partial charge in [-0.25, -0.2) is 9.37 Å². The van der Waals surface area contributed by atoms with Crippen LogP contribution in [0.2, 0.25) is 0 Å². The molecule has 0 aliphatic carbocycles. The lowest BCUT2D eigenvalue weighted by molar-refractivity contribution is 0.0743. The van der Waals surface area contributed by atoms with Crippen LogP contribution in [0.25, 0.3) is 21.9 Å². The highest BCUT2D eigenvalue weighted by atomic mass is 19.1. The molecule has 4 aromatic rings. The van der Waals surface area contributed by atoms with E-state index >= 15 is 0 Å². The number of hydrogen-bond donors (Lipinski definition) is 1. The van der Waals surface area contributed by atoms with Crippen LogP contribution >= 0.6 is 0 Å². The van der Waals surface area contributed by atoms with Crippen LogP contribution in [0.1, 0.15) is 16.4 Å². The summed E-state index contributed by atoms with van der Waals surface area (Å²) >= 11 is 0. The van der Waals surface area contributed by atoms with Gasteiger partial charge in [-0.1, -0.05) is 17.3 Å². The summed E-state index contributed by atoms with van der Waals surface area (Å²) in [6.45, 7) is 0.240. The van der Waals surface area contributed by atoms with Gasteiger partial charge in [0.05, 0.1) is 23.0 Å². The molecule has 1 N–H and O–H groups in total. The zero-order chi connectivity index (χ0) is 16.7. The minimum absolute atomic E-state index is 0.190. The average molecular weight is 324 g/mol. The van der Waals surface area contributed by atoms with Crippen LogP contribution in [-0.4, -0.2) is 33.0 Å². The number of rotatable bonds is 3. The summed E-state index contributed by atoms with van der Waals surface area (Å²) in [5.41, 5.74) is 1.88. The molecular weight excluding hydrogens is 311 g/mol. The topological polar surface area (TPSA) is 75.0 Å². The normalized spacial score (nSPS) is 11.2. The van der Waals surface area contributed by atoms with Gasteiger partial charge in [0.2, 0.25) is 5.76 Å². The van der Waals surface area contributed by atoms with E-state index in [0.29, 0.717) is 27.8 Å². The maximum Gasteiger partial charge on any atom is 0.293 e. The monoisotopic (exact) mass is 324 g/mol. The summed E-state index contributed by atoms with van der Waals surface area (Å²) in [7, 11) is 1.65. The van der Waals surface area contributed by atoms with E-state index < -0.39 is 0 Å². The fourth-order valence-corrected chi connectivity index (χ4v) is 2.62. The molecule has 0 saturated carbocycles. The number of aromatic nitrogens is 3. The first-order valence-corrected chi connectivity index (χ1v) is 7.36. The summed E-state index contributed by atoms with van der Waals surface area (Å²) < 4.78 is 18.4. The van der Waals surface area contributed by atoms with Crippen LogP contribution < -0.4 is 0 Å². The SMILES string of the molecule is CN(Cc1nc2ccc(F)cc2[nH]1)C(=O)c1onc2ccccc12. The van der Waals surface area contributed by atoms with Gasteiger partial charge in [-0.2, -0.15) is 0 Å². The van der Waals surface area contributed by atoms with Crippen LogP contribution in [0, 0.1) is 5.82 Å². The molecular formula is C17H13FN4O2. The molecule has 0 aliphatic heterocycles. The van der Waals surface area contributed by atoms with Crippen molar-refractivity contribution in [2.75, 3.05) is 7.05 Å². The molecule has 120 valence electrons. The van der Waals surface area contributed by atoms with Gasteiger partial charge in [0.1, 0.15) is 17.2 Å². The third-order valence-corrected chi connectivity index (χ3v) is 3.80. The number of fused-ring (bicyclic) bond motifs is 2. The summed E-state index contributed by atoms with van der Waals surface area (Å²) in [4.78, 5) is 21.4. The highest BCUT2D eigenvalue weighted by Gasteiger charge is 2.21. The van der Waals surface area contributed by atoms with Gasteiger partial charge in [0.25, 0.3) is 5.91 Å². The molecule has 6 nitrogen and oxygen atoms in total. The number of halogens is 1. The number of nitrogens with zero attached hydrogens (tertiary/aromatic N) is 3. The van der Waals surface area contributed by atoms with Crippen LogP contribution in [0.5, 0.6) is 0 Å². The standard InChI is InChI=1S/C17H13FN4O2/c1-22(9-15-19-13-7-6-10(18)8-14(13)20-15)17(23)16-11-4-2-3-5-12(11)21-24-16/h2-8H,9H2,1H3,(H,19,20). The van der Waals surface area contributed by atoms with E-state index in [9.17, 15) is 9.18 Å². The number of carbonyl (C=O) groups excluding carboxylic acids is 1. The van der Waals surface area contributed by atoms with Gasteiger partial charge in [-0.15, -0.1) is 0 Å². The highest BCUT2D eigenvalue weighted by Crippen LogP contribution is 2.20. The average Bonchev–Trinajstić information content (AvgIpc) is 3.17. The molecule has 7 heteroatoms. The quantitative estimate of drug-likeness (QED) is 0.628. The smallest absolute Gasteiger partial charge is 0.293 e.